The van der Waals surface area contributed by atoms with Gasteiger partial charge in [-0.05, 0) is 34.5 Å². The van der Waals surface area contributed by atoms with E-state index in [0.717, 1.165) is 34.5 Å². The summed E-state index contributed by atoms with van der Waals surface area (Å²) in [4.78, 5) is 0. The molecular formula is C11H17BrNO2+. The van der Waals surface area contributed by atoms with Crippen LogP contribution in [-0.2, 0) is 6.54 Å². The Bertz CT molecular complexity index is 329. The fourth-order valence-corrected chi connectivity index (χ4v) is 1.87. The summed E-state index contributed by atoms with van der Waals surface area (Å²) in [7, 11) is 1.65. The summed E-state index contributed by atoms with van der Waals surface area (Å²) in [6.45, 7) is 3.51. The van der Waals surface area contributed by atoms with E-state index in [1.165, 1.54) is 0 Å². The average molecular weight is 275 g/mol. The number of benzene rings is 1. The monoisotopic (exact) mass is 274 g/mol. The third-order valence-electron chi connectivity index (χ3n) is 2.03. The van der Waals surface area contributed by atoms with Gasteiger partial charge in [-0.25, -0.2) is 0 Å². The molecule has 15 heavy (non-hydrogen) atoms. The number of hydrogen-bond acceptors (Lipinski definition) is 2. The maximum Gasteiger partial charge on any atom is 0.175 e. The van der Waals surface area contributed by atoms with Gasteiger partial charge in [-0.15, -0.1) is 0 Å². The first-order valence-corrected chi connectivity index (χ1v) is 5.80. The van der Waals surface area contributed by atoms with E-state index in [4.69, 9.17) is 9.47 Å². The van der Waals surface area contributed by atoms with Crippen molar-refractivity contribution < 1.29 is 15.2 Å². The van der Waals surface area contributed by atoms with Gasteiger partial charge in [-0.2, -0.15) is 0 Å². The molecule has 84 valence electrons. The van der Waals surface area contributed by atoms with Crippen molar-refractivity contribution in [3.8, 4) is 11.5 Å². The molecule has 0 unspecified atom stereocenters. The van der Waals surface area contributed by atoms with Crippen LogP contribution < -0.4 is 15.2 Å². The molecule has 0 saturated carbocycles. The maximum absolute atomic E-state index is 5.62. The van der Waals surface area contributed by atoms with Crippen molar-refractivity contribution in [1.82, 2.24) is 0 Å². The zero-order valence-electron chi connectivity index (χ0n) is 9.18. The van der Waals surface area contributed by atoms with Gasteiger partial charge >= 0.3 is 0 Å². The lowest BCUT2D eigenvalue weighted by molar-refractivity contribution is -0.386. The van der Waals surface area contributed by atoms with Crippen molar-refractivity contribution in [2.45, 2.75) is 19.9 Å². The van der Waals surface area contributed by atoms with E-state index in [2.05, 4.69) is 28.6 Å². The van der Waals surface area contributed by atoms with Crippen LogP contribution in [0.1, 0.15) is 18.9 Å². The van der Waals surface area contributed by atoms with Crippen LogP contribution in [0, 0.1) is 0 Å². The van der Waals surface area contributed by atoms with E-state index in [0.29, 0.717) is 6.61 Å². The van der Waals surface area contributed by atoms with Crippen LogP contribution in [0.2, 0.25) is 0 Å². The molecule has 3 nitrogen and oxygen atoms in total. The molecule has 1 aromatic carbocycles. The average Bonchev–Trinajstić information content (AvgIpc) is 2.26. The summed E-state index contributed by atoms with van der Waals surface area (Å²) < 4.78 is 11.8. The van der Waals surface area contributed by atoms with Gasteiger partial charge in [0.15, 0.2) is 11.5 Å². The van der Waals surface area contributed by atoms with Crippen molar-refractivity contribution in [1.29, 1.82) is 0 Å². The molecular weight excluding hydrogens is 258 g/mol. The quantitative estimate of drug-likeness (QED) is 0.893. The first kappa shape index (κ1) is 12.3. The highest BCUT2D eigenvalue weighted by Crippen LogP contribution is 2.36. The second-order valence-corrected chi connectivity index (χ2v) is 4.06. The van der Waals surface area contributed by atoms with Crippen molar-refractivity contribution in [3.05, 3.63) is 22.2 Å². The Labute approximate surface area is 98.7 Å². The molecule has 0 heterocycles. The molecule has 0 radical (unpaired) electrons. The lowest BCUT2D eigenvalue weighted by Crippen LogP contribution is -2.47. The van der Waals surface area contributed by atoms with E-state index >= 15 is 0 Å². The Hall–Kier alpha value is -0.740. The number of quaternary nitrogens is 1. The number of methoxy groups -OCH3 is 1. The first-order chi connectivity index (χ1) is 7.22. The summed E-state index contributed by atoms with van der Waals surface area (Å²) >= 11 is 3.48. The SMILES string of the molecule is CCCOc1c(Br)cc(C[NH3+])cc1OC. The van der Waals surface area contributed by atoms with E-state index < -0.39 is 0 Å². The molecule has 0 amide bonds. The fourth-order valence-electron chi connectivity index (χ4n) is 1.26. The fraction of sp³-hybridized carbons (Fsp3) is 0.455. The predicted molar refractivity (Wildman–Crippen MR) is 63.1 cm³/mol. The Morgan fingerprint density at radius 1 is 1.40 bits per heavy atom. The molecule has 0 aliphatic heterocycles. The number of ether oxygens (including phenoxy) is 2. The van der Waals surface area contributed by atoms with Gasteiger partial charge in [0.2, 0.25) is 0 Å². The topological polar surface area (TPSA) is 46.1 Å². The van der Waals surface area contributed by atoms with Gasteiger partial charge in [0.1, 0.15) is 0 Å². The number of halogens is 1. The Kier molecular flexibility index (Phi) is 4.91. The molecule has 0 bridgehead atoms. The summed E-state index contributed by atoms with van der Waals surface area (Å²) in [5.74, 6) is 1.54. The molecule has 0 fully saturated rings. The second kappa shape index (κ2) is 5.98. The van der Waals surface area contributed by atoms with Gasteiger partial charge < -0.3 is 15.2 Å². The zero-order chi connectivity index (χ0) is 11.3. The van der Waals surface area contributed by atoms with E-state index in [1.54, 1.807) is 7.11 Å². The van der Waals surface area contributed by atoms with Crippen LogP contribution in [-0.4, -0.2) is 13.7 Å². The minimum absolute atomic E-state index is 0.693. The van der Waals surface area contributed by atoms with Crippen LogP contribution in [0.3, 0.4) is 0 Å². The van der Waals surface area contributed by atoms with Crippen LogP contribution >= 0.6 is 15.9 Å². The highest BCUT2D eigenvalue weighted by molar-refractivity contribution is 9.10. The summed E-state index contributed by atoms with van der Waals surface area (Å²) in [6, 6.07) is 3.98. The Morgan fingerprint density at radius 2 is 2.13 bits per heavy atom. The lowest BCUT2D eigenvalue weighted by Gasteiger charge is -2.12. The third kappa shape index (κ3) is 3.11. The highest BCUT2D eigenvalue weighted by atomic mass is 79.9. The Morgan fingerprint density at radius 3 is 2.67 bits per heavy atom. The van der Waals surface area contributed by atoms with Crippen molar-refractivity contribution in [2.24, 2.45) is 0 Å². The summed E-state index contributed by atoms with van der Waals surface area (Å²) in [5, 5.41) is 0. The van der Waals surface area contributed by atoms with Gasteiger partial charge in [0.05, 0.1) is 24.7 Å². The van der Waals surface area contributed by atoms with Gasteiger partial charge in [0, 0.05) is 5.56 Å². The molecule has 0 atom stereocenters. The van der Waals surface area contributed by atoms with Crippen molar-refractivity contribution in [2.75, 3.05) is 13.7 Å². The predicted octanol–water partition coefficient (Wildman–Crippen LogP) is 1.99. The molecule has 0 saturated heterocycles. The molecule has 0 aromatic heterocycles. The molecule has 0 aliphatic carbocycles. The standard InChI is InChI=1S/C11H16BrNO2/c1-3-4-15-11-9(12)5-8(7-13)6-10(11)14-2/h5-6H,3-4,7,13H2,1-2H3/p+1. The smallest absolute Gasteiger partial charge is 0.175 e. The molecule has 1 rings (SSSR count). The van der Waals surface area contributed by atoms with Gasteiger partial charge in [0.25, 0.3) is 0 Å². The van der Waals surface area contributed by atoms with E-state index in [9.17, 15) is 0 Å². The maximum atomic E-state index is 5.62. The van der Waals surface area contributed by atoms with Gasteiger partial charge in [-0.3, -0.25) is 0 Å². The number of hydrogen-bond donors (Lipinski definition) is 1. The lowest BCUT2D eigenvalue weighted by atomic mass is 10.2. The van der Waals surface area contributed by atoms with Crippen LogP contribution in [0.25, 0.3) is 0 Å². The van der Waals surface area contributed by atoms with E-state index in [1.807, 2.05) is 12.1 Å². The molecule has 1 aromatic rings. The third-order valence-corrected chi connectivity index (χ3v) is 2.62. The van der Waals surface area contributed by atoms with Crippen LogP contribution in [0.4, 0.5) is 0 Å². The zero-order valence-corrected chi connectivity index (χ0v) is 10.8. The molecule has 0 spiro atoms. The molecule has 4 heteroatoms. The summed E-state index contributed by atoms with van der Waals surface area (Å²) in [6.07, 6.45) is 0.979. The van der Waals surface area contributed by atoms with Gasteiger partial charge in [-0.1, -0.05) is 6.92 Å². The van der Waals surface area contributed by atoms with Crippen LogP contribution in [0.15, 0.2) is 16.6 Å². The largest absolute Gasteiger partial charge is 0.493 e. The molecule has 3 N–H and O–H groups in total. The minimum atomic E-state index is 0.693. The first-order valence-electron chi connectivity index (χ1n) is 5.01. The van der Waals surface area contributed by atoms with Crippen LogP contribution in [0.5, 0.6) is 11.5 Å². The minimum Gasteiger partial charge on any atom is -0.493 e. The number of rotatable bonds is 5. The summed E-state index contributed by atoms with van der Waals surface area (Å²) in [5.41, 5.74) is 4.97. The van der Waals surface area contributed by atoms with E-state index in [-0.39, 0.29) is 0 Å². The highest BCUT2D eigenvalue weighted by Gasteiger charge is 2.11. The molecule has 0 aliphatic rings. The van der Waals surface area contributed by atoms with Crippen molar-refractivity contribution in [3.63, 3.8) is 0 Å². The Balaban J connectivity index is 3.01. The normalized spacial score (nSPS) is 10.1. The second-order valence-electron chi connectivity index (χ2n) is 3.21. The van der Waals surface area contributed by atoms with Crippen molar-refractivity contribution >= 4 is 15.9 Å².